The van der Waals surface area contributed by atoms with Gasteiger partial charge in [0.25, 0.3) is 0 Å². The molecule has 0 radical (unpaired) electrons. The monoisotopic (exact) mass is 164 g/mol. The minimum Gasteiger partial charge on any atom is -0.771 e. The molecule has 9 heavy (non-hydrogen) atoms. The number of thioether (sulfide) groups is 1. The Morgan fingerprint density at radius 2 is 2.67 bits per heavy atom. The van der Waals surface area contributed by atoms with Gasteiger partial charge in [-0.2, -0.15) is 0 Å². The van der Waals surface area contributed by atoms with Crippen molar-refractivity contribution in [3.63, 3.8) is 0 Å². The first-order chi connectivity index (χ1) is 4.30. The highest BCUT2D eigenvalue weighted by Gasteiger charge is 2.08. The second kappa shape index (κ2) is 3.24. The van der Waals surface area contributed by atoms with Crippen molar-refractivity contribution in [2.24, 2.45) is 0 Å². The lowest BCUT2D eigenvalue weighted by Crippen LogP contribution is -2.26. The zero-order valence-electron chi connectivity index (χ0n) is 4.57. The maximum atomic E-state index is 10.3. The van der Waals surface area contributed by atoms with E-state index in [1.807, 2.05) is 0 Å². The zero-order valence-corrected chi connectivity index (χ0v) is 6.21. The molecule has 0 aromatic rings. The van der Waals surface area contributed by atoms with Crippen molar-refractivity contribution in [2.75, 3.05) is 6.54 Å². The quantitative estimate of drug-likeness (QED) is 0.554. The minimum absolute atomic E-state index is 0.310. The van der Waals surface area contributed by atoms with E-state index < -0.39 is 11.1 Å². The molecular weight excluding hydrogens is 158 g/mol. The Morgan fingerprint density at radius 3 is 3.00 bits per heavy atom. The molecule has 2 atom stereocenters. The minimum atomic E-state index is -1.95. The molecule has 0 aromatic carbocycles. The molecule has 3 nitrogen and oxygen atoms in total. The predicted molar refractivity (Wildman–Crippen MR) is 37.4 cm³/mol. The van der Waals surface area contributed by atoms with Gasteiger partial charge < -0.3 is 9.87 Å². The van der Waals surface area contributed by atoms with Crippen molar-refractivity contribution in [2.45, 2.75) is 4.58 Å². The van der Waals surface area contributed by atoms with E-state index in [0.29, 0.717) is 6.54 Å². The first kappa shape index (κ1) is 7.11. The molecule has 0 fully saturated rings. The van der Waals surface area contributed by atoms with E-state index in [4.69, 9.17) is 0 Å². The molecule has 52 valence electrons. The largest absolute Gasteiger partial charge is 0.771 e. The molecule has 1 aliphatic heterocycles. The third-order valence-corrected chi connectivity index (χ3v) is 3.08. The van der Waals surface area contributed by atoms with Crippen LogP contribution in [-0.2, 0) is 11.1 Å². The Balaban J connectivity index is 2.44. The molecule has 0 aliphatic carbocycles. The predicted octanol–water partition coefficient (Wildman–Crippen LogP) is -0.000800. The SMILES string of the molecule is O=S([O-])C1CNC=CS1. The van der Waals surface area contributed by atoms with Gasteiger partial charge in [-0.15, -0.1) is 11.8 Å². The van der Waals surface area contributed by atoms with Crippen molar-refractivity contribution in [1.82, 2.24) is 5.32 Å². The zero-order chi connectivity index (χ0) is 6.69. The maximum Gasteiger partial charge on any atom is 0.0883 e. The molecule has 0 amide bonds. The lowest BCUT2D eigenvalue weighted by molar-refractivity contribution is 0.532. The molecule has 0 aromatic heterocycles. The fourth-order valence-electron chi connectivity index (χ4n) is 0.501. The van der Waals surface area contributed by atoms with E-state index in [1.54, 1.807) is 11.6 Å². The van der Waals surface area contributed by atoms with E-state index in [-0.39, 0.29) is 4.58 Å². The summed E-state index contributed by atoms with van der Waals surface area (Å²) in [5, 5.41) is 4.56. The molecule has 1 aliphatic rings. The standard InChI is InChI=1S/C4H7NO2S2/c6-9(7)4-3-5-1-2-8-4/h1-2,4-5H,3H2,(H,6,7)/p-1. The van der Waals surface area contributed by atoms with E-state index in [0.717, 1.165) is 0 Å². The molecule has 0 bridgehead atoms. The van der Waals surface area contributed by atoms with Gasteiger partial charge in [0.1, 0.15) is 0 Å². The average molecular weight is 164 g/mol. The van der Waals surface area contributed by atoms with Gasteiger partial charge >= 0.3 is 0 Å². The second-order valence-electron chi connectivity index (χ2n) is 1.54. The van der Waals surface area contributed by atoms with Crippen LogP contribution in [0.2, 0.25) is 0 Å². The molecule has 0 saturated carbocycles. The highest BCUT2D eigenvalue weighted by molar-refractivity contribution is 8.11. The Kier molecular flexibility index (Phi) is 2.56. The Morgan fingerprint density at radius 1 is 1.89 bits per heavy atom. The third-order valence-electron chi connectivity index (χ3n) is 0.915. The topological polar surface area (TPSA) is 52.2 Å². The van der Waals surface area contributed by atoms with Gasteiger partial charge in [0.05, 0.1) is 4.58 Å². The summed E-state index contributed by atoms with van der Waals surface area (Å²) in [7, 11) is 0. The number of nitrogens with one attached hydrogen (secondary N) is 1. The van der Waals surface area contributed by atoms with Gasteiger partial charge in [-0.05, 0) is 16.5 Å². The van der Waals surface area contributed by atoms with Gasteiger partial charge in [0.2, 0.25) is 0 Å². The number of hydrogen-bond donors (Lipinski definition) is 1. The smallest absolute Gasteiger partial charge is 0.0883 e. The molecular formula is C4H6NO2S2-. The molecule has 1 rings (SSSR count). The molecule has 1 N–H and O–H groups in total. The summed E-state index contributed by atoms with van der Waals surface area (Å²) in [4.78, 5) is 0. The van der Waals surface area contributed by atoms with Crippen LogP contribution in [0.1, 0.15) is 0 Å². The summed E-state index contributed by atoms with van der Waals surface area (Å²) in [6.45, 7) is 0.511. The van der Waals surface area contributed by atoms with E-state index in [9.17, 15) is 8.76 Å². The van der Waals surface area contributed by atoms with Crippen LogP contribution in [0.4, 0.5) is 0 Å². The Hall–Kier alpha value is -0.000000000000000111. The van der Waals surface area contributed by atoms with Gasteiger partial charge in [0.15, 0.2) is 0 Å². The van der Waals surface area contributed by atoms with Crippen LogP contribution in [0.15, 0.2) is 11.6 Å². The van der Waals surface area contributed by atoms with Crippen LogP contribution >= 0.6 is 11.8 Å². The average Bonchev–Trinajstić information content (AvgIpc) is 1.90. The normalized spacial score (nSPS) is 29.2. The van der Waals surface area contributed by atoms with Crippen LogP contribution in [-0.4, -0.2) is 19.9 Å². The Labute approximate surface area is 60.2 Å². The highest BCUT2D eigenvalue weighted by atomic mass is 32.2. The van der Waals surface area contributed by atoms with Crippen LogP contribution in [0.3, 0.4) is 0 Å². The van der Waals surface area contributed by atoms with E-state index >= 15 is 0 Å². The summed E-state index contributed by atoms with van der Waals surface area (Å²) in [6.07, 6.45) is 1.74. The number of rotatable bonds is 1. The van der Waals surface area contributed by atoms with Crippen molar-refractivity contribution in [1.29, 1.82) is 0 Å². The highest BCUT2D eigenvalue weighted by Crippen LogP contribution is 2.16. The van der Waals surface area contributed by atoms with Gasteiger partial charge in [0, 0.05) is 12.7 Å². The van der Waals surface area contributed by atoms with Crippen LogP contribution in [0.5, 0.6) is 0 Å². The molecule has 1 heterocycles. The van der Waals surface area contributed by atoms with Crippen molar-refractivity contribution in [3.8, 4) is 0 Å². The fraction of sp³-hybridized carbons (Fsp3) is 0.500. The van der Waals surface area contributed by atoms with Gasteiger partial charge in [-0.25, -0.2) is 0 Å². The van der Waals surface area contributed by atoms with Crippen LogP contribution in [0.25, 0.3) is 0 Å². The van der Waals surface area contributed by atoms with E-state index in [1.165, 1.54) is 11.8 Å². The maximum absolute atomic E-state index is 10.3. The van der Waals surface area contributed by atoms with Crippen LogP contribution in [0, 0.1) is 0 Å². The second-order valence-corrected chi connectivity index (χ2v) is 4.04. The van der Waals surface area contributed by atoms with Crippen molar-refractivity contribution < 1.29 is 8.76 Å². The summed E-state index contributed by atoms with van der Waals surface area (Å²) in [5.74, 6) is 0. The lowest BCUT2D eigenvalue weighted by atomic mass is 10.7. The molecule has 0 saturated heterocycles. The molecule has 0 spiro atoms. The molecule has 5 heteroatoms. The van der Waals surface area contributed by atoms with Crippen molar-refractivity contribution in [3.05, 3.63) is 11.6 Å². The summed E-state index contributed by atoms with van der Waals surface area (Å²) in [5.41, 5.74) is 0. The lowest BCUT2D eigenvalue weighted by Gasteiger charge is -2.20. The van der Waals surface area contributed by atoms with Gasteiger partial charge in [-0.3, -0.25) is 4.21 Å². The first-order valence-corrected chi connectivity index (χ1v) is 4.51. The Bertz CT molecular complexity index is 148. The summed E-state index contributed by atoms with van der Waals surface area (Å²) >= 11 is -0.637. The molecule has 2 unspecified atom stereocenters. The van der Waals surface area contributed by atoms with Gasteiger partial charge in [-0.1, -0.05) is 0 Å². The van der Waals surface area contributed by atoms with Crippen LogP contribution < -0.4 is 5.32 Å². The summed E-state index contributed by atoms with van der Waals surface area (Å²) in [6, 6.07) is 0. The van der Waals surface area contributed by atoms with E-state index in [2.05, 4.69) is 5.32 Å². The number of hydrogen-bond acceptors (Lipinski definition) is 4. The summed E-state index contributed by atoms with van der Waals surface area (Å²) < 4.78 is 20.2. The fourth-order valence-corrected chi connectivity index (χ4v) is 1.83. The third kappa shape index (κ3) is 2.00. The first-order valence-electron chi connectivity index (χ1n) is 2.42. The van der Waals surface area contributed by atoms with Crippen molar-refractivity contribution >= 4 is 22.8 Å².